The van der Waals surface area contributed by atoms with Crippen LogP contribution in [0.5, 0.6) is 0 Å². The van der Waals surface area contributed by atoms with Gasteiger partial charge in [-0.2, -0.15) is 5.10 Å². The zero-order valence-electron chi connectivity index (χ0n) is 17.5. The molecule has 31 heavy (non-hydrogen) atoms. The maximum Gasteiger partial charge on any atom is 0.256 e. The first-order valence-corrected chi connectivity index (χ1v) is 10.6. The molecular weight excluding hydrogens is 421 g/mol. The van der Waals surface area contributed by atoms with Crippen molar-refractivity contribution in [2.75, 3.05) is 26.2 Å². The summed E-state index contributed by atoms with van der Waals surface area (Å²) in [6.07, 6.45) is 5.25. The normalized spacial score (nSPS) is 18.1. The molecule has 1 N–H and O–H groups in total. The number of aromatic nitrogens is 3. The van der Waals surface area contributed by atoms with Crippen LogP contribution in [-0.4, -0.2) is 57.5 Å². The average molecular weight is 446 g/mol. The molecule has 164 valence electrons. The molecule has 2 aromatic heterocycles. The standard InChI is InChI=1S/C22H25ClFN5O2/c1-15-14-29(10-11-31-15)19(20-17(23)6-5-7-18(20)24)13-25-21(30)16-12-26-27(2)22(16)28-8-3-4-9-28/h3-9,12,15,19H,10-11,13-14H2,1-2H3,(H,25,30). The Morgan fingerprint density at radius 3 is 2.84 bits per heavy atom. The Bertz CT molecular complexity index is 1030. The summed E-state index contributed by atoms with van der Waals surface area (Å²) >= 11 is 6.38. The fourth-order valence-corrected chi connectivity index (χ4v) is 4.32. The summed E-state index contributed by atoms with van der Waals surface area (Å²) in [4.78, 5) is 15.2. The van der Waals surface area contributed by atoms with Crippen LogP contribution in [0.3, 0.4) is 0 Å². The van der Waals surface area contributed by atoms with Crippen molar-refractivity contribution in [2.24, 2.45) is 7.05 Å². The highest BCUT2D eigenvalue weighted by Gasteiger charge is 2.30. The van der Waals surface area contributed by atoms with Crippen molar-refractivity contribution in [1.29, 1.82) is 0 Å². The number of hydrogen-bond donors (Lipinski definition) is 1. The lowest BCUT2D eigenvalue weighted by Gasteiger charge is -2.38. The lowest BCUT2D eigenvalue weighted by Crippen LogP contribution is -2.47. The van der Waals surface area contributed by atoms with Crippen molar-refractivity contribution in [1.82, 2.24) is 24.6 Å². The van der Waals surface area contributed by atoms with Crippen molar-refractivity contribution in [3.05, 3.63) is 70.9 Å². The van der Waals surface area contributed by atoms with Crippen molar-refractivity contribution in [3.63, 3.8) is 0 Å². The number of carbonyl (C=O) groups is 1. The molecule has 1 fully saturated rings. The third-order valence-electron chi connectivity index (χ3n) is 5.50. The molecule has 2 unspecified atom stereocenters. The van der Waals surface area contributed by atoms with E-state index >= 15 is 0 Å². The number of aryl methyl sites for hydroxylation is 1. The molecule has 4 rings (SSSR count). The molecule has 3 heterocycles. The van der Waals surface area contributed by atoms with Crippen LogP contribution in [-0.2, 0) is 11.8 Å². The van der Waals surface area contributed by atoms with Gasteiger partial charge in [0.2, 0.25) is 0 Å². The Kier molecular flexibility index (Phi) is 6.41. The molecule has 1 aliphatic rings. The number of halogens is 2. The number of carbonyl (C=O) groups excluding carboxylic acids is 1. The SMILES string of the molecule is CC1CN(C(CNC(=O)c2cnn(C)c2-n2cccc2)c2c(F)cccc2Cl)CCO1. The molecule has 1 aliphatic heterocycles. The van der Waals surface area contributed by atoms with E-state index < -0.39 is 6.04 Å². The topological polar surface area (TPSA) is 64.3 Å². The van der Waals surface area contributed by atoms with Crippen LogP contribution in [0.25, 0.3) is 5.82 Å². The molecule has 0 radical (unpaired) electrons. The van der Waals surface area contributed by atoms with Gasteiger partial charge in [-0.25, -0.2) is 4.39 Å². The summed E-state index contributed by atoms with van der Waals surface area (Å²) in [5.74, 6) is -0.0150. The van der Waals surface area contributed by atoms with E-state index in [1.54, 1.807) is 23.9 Å². The fraction of sp³-hybridized carbons (Fsp3) is 0.364. The second kappa shape index (κ2) is 9.21. The Balaban J connectivity index is 1.59. The smallest absolute Gasteiger partial charge is 0.256 e. The van der Waals surface area contributed by atoms with Crippen molar-refractivity contribution >= 4 is 17.5 Å². The van der Waals surface area contributed by atoms with Crippen LogP contribution in [0.1, 0.15) is 28.9 Å². The van der Waals surface area contributed by atoms with Crippen LogP contribution >= 0.6 is 11.6 Å². The van der Waals surface area contributed by atoms with Crippen molar-refractivity contribution in [2.45, 2.75) is 19.1 Å². The molecule has 1 saturated heterocycles. The Morgan fingerprint density at radius 1 is 1.35 bits per heavy atom. The van der Waals surface area contributed by atoms with Crippen LogP contribution in [0.2, 0.25) is 5.02 Å². The monoisotopic (exact) mass is 445 g/mol. The number of morpholine rings is 1. The molecule has 0 aliphatic carbocycles. The maximum absolute atomic E-state index is 14.8. The molecule has 3 aromatic rings. The molecule has 7 nitrogen and oxygen atoms in total. The highest BCUT2D eigenvalue weighted by Crippen LogP contribution is 2.31. The predicted octanol–water partition coefficient (Wildman–Crippen LogP) is 3.20. The zero-order chi connectivity index (χ0) is 22.0. The molecule has 0 spiro atoms. The lowest BCUT2D eigenvalue weighted by atomic mass is 10.0. The number of amides is 1. The predicted molar refractivity (Wildman–Crippen MR) is 116 cm³/mol. The second-order valence-electron chi connectivity index (χ2n) is 7.63. The van der Waals surface area contributed by atoms with Crippen molar-refractivity contribution in [3.8, 4) is 5.82 Å². The van der Waals surface area contributed by atoms with E-state index in [-0.39, 0.29) is 24.4 Å². The molecule has 0 saturated carbocycles. The number of benzene rings is 1. The van der Waals surface area contributed by atoms with Crippen LogP contribution in [0, 0.1) is 5.82 Å². The molecule has 1 amide bonds. The van der Waals surface area contributed by atoms with Gasteiger partial charge in [0.05, 0.1) is 24.9 Å². The van der Waals surface area contributed by atoms with Gasteiger partial charge in [0.25, 0.3) is 5.91 Å². The van der Waals surface area contributed by atoms with E-state index in [0.29, 0.717) is 41.7 Å². The Hall–Kier alpha value is -2.68. The van der Waals surface area contributed by atoms with Crippen LogP contribution in [0.15, 0.2) is 48.9 Å². The fourth-order valence-electron chi connectivity index (χ4n) is 4.03. The van der Waals surface area contributed by atoms with E-state index in [2.05, 4.69) is 15.3 Å². The summed E-state index contributed by atoms with van der Waals surface area (Å²) in [6.45, 7) is 3.96. The van der Waals surface area contributed by atoms with E-state index in [1.165, 1.54) is 12.3 Å². The van der Waals surface area contributed by atoms with Crippen LogP contribution < -0.4 is 5.32 Å². The highest BCUT2D eigenvalue weighted by atomic mass is 35.5. The average Bonchev–Trinajstić information content (AvgIpc) is 3.39. The number of nitrogens with one attached hydrogen (secondary N) is 1. The first kappa shape index (κ1) is 21.5. The molecule has 9 heteroatoms. The minimum Gasteiger partial charge on any atom is -0.376 e. The van der Waals surface area contributed by atoms with Gasteiger partial charge in [0.1, 0.15) is 17.2 Å². The number of hydrogen-bond acceptors (Lipinski definition) is 4. The molecule has 2 atom stereocenters. The van der Waals surface area contributed by atoms with Gasteiger partial charge in [-0.15, -0.1) is 0 Å². The Labute approximate surface area is 185 Å². The second-order valence-corrected chi connectivity index (χ2v) is 8.04. The number of ether oxygens (including phenoxy) is 1. The van der Waals surface area contributed by atoms with E-state index in [4.69, 9.17) is 16.3 Å². The summed E-state index contributed by atoms with van der Waals surface area (Å²) in [5.41, 5.74) is 0.822. The van der Waals surface area contributed by atoms with E-state index in [0.717, 1.165) is 0 Å². The maximum atomic E-state index is 14.8. The third kappa shape index (κ3) is 4.51. The number of nitrogens with zero attached hydrogens (tertiary/aromatic N) is 4. The van der Waals surface area contributed by atoms with Gasteiger partial charge in [-0.3, -0.25) is 14.4 Å². The quantitative estimate of drug-likeness (QED) is 0.633. The minimum absolute atomic E-state index is 0.0103. The lowest BCUT2D eigenvalue weighted by molar-refractivity contribution is -0.0346. The summed E-state index contributed by atoms with van der Waals surface area (Å²) in [6, 6.07) is 7.98. The van der Waals surface area contributed by atoms with Gasteiger partial charge in [-0.1, -0.05) is 17.7 Å². The summed E-state index contributed by atoms with van der Waals surface area (Å²) in [7, 11) is 1.78. The first-order chi connectivity index (χ1) is 15.0. The zero-order valence-corrected chi connectivity index (χ0v) is 18.2. The first-order valence-electron chi connectivity index (χ1n) is 10.2. The number of rotatable bonds is 6. The van der Waals surface area contributed by atoms with E-state index in [9.17, 15) is 9.18 Å². The van der Waals surface area contributed by atoms with E-state index in [1.807, 2.05) is 36.0 Å². The van der Waals surface area contributed by atoms with Crippen LogP contribution in [0.4, 0.5) is 4.39 Å². The largest absolute Gasteiger partial charge is 0.376 e. The molecule has 1 aromatic carbocycles. The van der Waals surface area contributed by atoms with Gasteiger partial charge < -0.3 is 14.6 Å². The summed E-state index contributed by atoms with van der Waals surface area (Å²) < 4.78 is 23.9. The summed E-state index contributed by atoms with van der Waals surface area (Å²) in [5, 5.41) is 7.54. The Morgan fingerprint density at radius 2 is 2.13 bits per heavy atom. The van der Waals surface area contributed by atoms with Gasteiger partial charge in [0, 0.05) is 49.7 Å². The van der Waals surface area contributed by atoms with Gasteiger partial charge >= 0.3 is 0 Å². The third-order valence-corrected chi connectivity index (χ3v) is 5.83. The minimum atomic E-state index is -0.421. The highest BCUT2D eigenvalue weighted by molar-refractivity contribution is 6.31. The molecule has 0 bridgehead atoms. The van der Waals surface area contributed by atoms with Gasteiger partial charge in [-0.05, 0) is 31.2 Å². The molecular formula is C22H25ClFN5O2. The van der Waals surface area contributed by atoms with Crippen molar-refractivity contribution < 1.29 is 13.9 Å². The van der Waals surface area contributed by atoms with Gasteiger partial charge in [0.15, 0.2) is 0 Å².